The van der Waals surface area contributed by atoms with E-state index in [0.29, 0.717) is 0 Å². The Morgan fingerprint density at radius 1 is 1.16 bits per heavy atom. The predicted octanol–water partition coefficient (Wildman–Crippen LogP) is 2.86. The predicted molar refractivity (Wildman–Crippen MR) is 76.6 cm³/mol. The van der Waals surface area contributed by atoms with Crippen LogP contribution in [0.2, 0.25) is 0 Å². The summed E-state index contributed by atoms with van der Waals surface area (Å²) in [7, 11) is -3.29. The molecule has 0 atom stereocenters. The first-order valence-electron chi connectivity index (χ1n) is 6.46. The molecule has 0 saturated carbocycles. The first-order chi connectivity index (χ1) is 9.06. The Labute approximate surface area is 113 Å². The van der Waals surface area contributed by atoms with Gasteiger partial charge in [-0.25, -0.2) is 0 Å². The van der Waals surface area contributed by atoms with Gasteiger partial charge in [0.15, 0.2) is 0 Å². The maximum atomic E-state index is 10.8. The van der Waals surface area contributed by atoms with Gasteiger partial charge in [0.1, 0.15) is 0 Å². The fraction of sp³-hybridized carbons (Fsp3) is 0.429. The quantitative estimate of drug-likeness (QED) is 0.627. The number of rotatable bonds is 7. The van der Waals surface area contributed by atoms with Crippen molar-refractivity contribution in [1.29, 1.82) is 0 Å². The van der Waals surface area contributed by atoms with Gasteiger partial charge < -0.3 is 4.98 Å². The van der Waals surface area contributed by atoms with Crippen LogP contribution in [0.25, 0.3) is 10.9 Å². The Morgan fingerprint density at radius 3 is 2.74 bits per heavy atom. The van der Waals surface area contributed by atoms with Crippen molar-refractivity contribution in [3.05, 3.63) is 36.0 Å². The lowest BCUT2D eigenvalue weighted by Gasteiger charge is -2.02. The van der Waals surface area contributed by atoms with Crippen LogP contribution >= 0.6 is 0 Å². The second-order valence-corrected chi connectivity index (χ2v) is 6.34. The number of hydrogen-bond donors (Lipinski definition) is 1. The van der Waals surface area contributed by atoms with Gasteiger partial charge in [-0.05, 0) is 30.9 Å². The van der Waals surface area contributed by atoms with Crippen LogP contribution in [-0.4, -0.2) is 26.3 Å². The highest BCUT2D eigenvalue weighted by Crippen LogP contribution is 2.19. The highest BCUT2D eigenvalue weighted by Gasteiger charge is 2.03. The maximum absolute atomic E-state index is 10.8. The second-order valence-electron chi connectivity index (χ2n) is 4.70. The molecule has 2 aromatic rings. The molecule has 1 heterocycles. The molecule has 104 valence electrons. The van der Waals surface area contributed by atoms with Crippen LogP contribution in [-0.2, 0) is 20.7 Å². The summed E-state index contributed by atoms with van der Waals surface area (Å²) < 4.78 is 26.2. The molecule has 0 saturated heterocycles. The van der Waals surface area contributed by atoms with E-state index in [1.165, 1.54) is 10.9 Å². The van der Waals surface area contributed by atoms with E-state index in [2.05, 4.69) is 23.3 Å². The number of nitrogens with one attached hydrogen (secondary N) is 1. The third kappa shape index (κ3) is 4.36. The Kier molecular flexibility index (Phi) is 4.61. The van der Waals surface area contributed by atoms with Crippen LogP contribution < -0.4 is 0 Å². The first kappa shape index (κ1) is 14.1. The van der Waals surface area contributed by atoms with Gasteiger partial charge in [0.05, 0.1) is 12.9 Å². The molecule has 0 amide bonds. The highest BCUT2D eigenvalue weighted by atomic mass is 32.2. The molecule has 4 nitrogen and oxygen atoms in total. The fourth-order valence-corrected chi connectivity index (χ4v) is 2.56. The Hall–Kier alpha value is -1.33. The van der Waals surface area contributed by atoms with Gasteiger partial charge in [0.25, 0.3) is 10.1 Å². The third-order valence-corrected chi connectivity index (χ3v) is 3.66. The van der Waals surface area contributed by atoms with Gasteiger partial charge in [0, 0.05) is 17.1 Å². The Bertz CT molecular complexity index is 631. The summed E-state index contributed by atoms with van der Waals surface area (Å²) in [5, 5.41) is 1.27. The van der Waals surface area contributed by atoms with Gasteiger partial charge in [0.2, 0.25) is 0 Å². The zero-order valence-electron chi connectivity index (χ0n) is 11.1. The summed E-state index contributed by atoms with van der Waals surface area (Å²) in [4.78, 5) is 3.26. The number of hydrogen-bond acceptors (Lipinski definition) is 3. The number of aromatic nitrogens is 1. The molecular weight excluding hydrogens is 262 g/mol. The molecule has 1 aromatic heterocycles. The topological polar surface area (TPSA) is 59.2 Å². The Balaban J connectivity index is 1.74. The summed E-state index contributed by atoms with van der Waals surface area (Å²) in [5.74, 6) is 0. The number of H-pyrrole nitrogens is 1. The van der Waals surface area contributed by atoms with Crippen LogP contribution in [0.1, 0.15) is 24.8 Å². The summed E-state index contributed by atoms with van der Waals surface area (Å²) >= 11 is 0. The molecule has 0 unspecified atom stereocenters. The molecule has 5 heteroatoms. The minimum Gasteiger partial charge on any atom is -0.361 e. The minimum atomic E-state index is -3.29. The van der Waals surface area contributed by atoms with E-state index in [0.717, 1.165) is 37.5 Å². The minimum absolute atomic E-state index is 0.284. The largest absolute Gasteiger partial charge is 0.361 e. The SMILES string of the molecule is CS(=O)(=O)OCCCCCc1c[nH]c2ccccc12. The summed E-state index contributed by atoms with van der Waals surface area (Å²) in [6.45, 7) is 0.284. The van der Waals surface area contributed by atoms with E-state index in [-0.39, 0.29) is 6.61 Å². The number of unbranched alkanes of at least 4 members (excludes halogenated alkanes) is 2. The zero-order valence-corrected chi connectivity index (χ0v) is 11.9. The zero-order chi connectivity index (χ0) is 13.7. The summed E-state index contributed by atoms with van der Waals surface area (Å²) in [6, 6.07) is 8.25. The van der Waals surface area contributed by atoms with E-state index in [1.807, 2.05) is 12.1 Å². The maximum Gasteiger partial charge on any atom is 0.264 e. The molecule has 1 aromatic carbocycles. The fourth-order valence-electron chi connectivity index (χ4n) is 2.14. The van der Waals surface area contributed by atoms with Gasteiger partial charge in [-0.1, -0.05) is 24.6 Å². The van der Waals surface area contributed by atoms with Gasteiger partial charge in [-0.15, -0.1) is 0 Å². The lowest BCUT2D eigenvalue weighted by atomic mass is 10.1. The van der Waals surface area contributed by atoms with E-state index < -0.39 is 10.1 Å². The van der Waals surface area contributed by atoms with Crippen LogP contribution in [0.15, 0.2) is 30.5 Å². The smallest absolute Gasteiger partial charge is 0.264 e. The van der Waals surface area contributed by atoms with Crippen molar-refractivity contribution in [2.45, 2.75) is 25.7 Å². The molecular formula is C14H19NO3S. The standard InChI is InChI=1S/C14H19NO3S/c1-19(16,17)18-10-6-2-3-7-12-11-15-14-9-5-4-8-13(12)14/h4-5,8-9,11,15H,2-3,6-7,10H2,1H3. The monoisotopic (exact) mass is 281 g/mol. The lowest BCUT2D eigenvalue weighted by Crippen LogP contribution is -2.03. The molecule has 1 N–H and O–H groups in total. The van der Waals surface area contributed by atoms with E-state index in [9.17, 15) is 8.42 Å². The van der Waals surface area contributed by atoms with Gasteiger partial charge in [-0.2, -0.15) is 8.42 Å². The molecule has 0 radical (unpaired) electrons. The number of benzene rings is 1. The van der Waals surface area contributed by atoms with Crippen LogP contribution in [0, 0.1) is 0 Å². The summed E-state index contributed by atoms with van der Waals surface area (Å²) in [5.41, 5.74) is 2.48. The molecule has 0 fully saturated rings. The number of para-hydroxylation sites is 1. The van der Waals surface area contributed by atoms with Crippen LogP contribution in [0.3, 0.4) is 0 Å². The lowest BCUT2D eigenvalue weighted by molar-refractivity contribution is 0.310. The van der Waals surface area contributed by atoms with E-state index in [4.69, 9.17) is 4.18 Å². The van der Waals surface area contributed by atoms with E-state index >= 15 is 0 Å². The highest BCUT2D eigenvalue weighted by molar-refractivity contribution is 7.85. The molecule has 0 aliphatic heterocycles. The van der Waals surface area contributed by atoms with Crippen molar-refractivity contribution < 1.29 is 12.6 Å². The van der Waals surface area contributed by atoms with Crippen molar-refractivity contribution in [1.82, 2.24) is 4.98 Å². The normalized spacial score (nSPS) is 12.1. The molecule has 2 rings (SSSR count). The number of fused-ring (bicyclic) bond motifs is 1. The second kappa shape index (κ2) is 6.21. The average Bonchev–Trinajstić information content (AvgIpc) is 2.76. The molecule has 0 aliphatic rings. The number of aromatic amines is 1. The molecule has 0 bridgehead atoms. The van der Waals surface area contributed by atoms with Gasteiger partial charge in [-0.3, -0.25) is 4.18 Å². The first-order valence-corrected chi connectivity index (χ1v) is 8.27. The van der Waals surface area contributed by atoms with Crippen molar-refractivity contribution in [2.75, 3.05) is 12.9 Å². The molecule has 0 spiro atoms. The van der Waals surface area contributed by atoms with Crippen LogP contribution in [0.4, 0.5) is 0 Å². The van der Waals surface area contributed by atoms with Crippen molar-refractivity contribution >= 4 is 21.0 Å². The molecule has 19 heavy (non-hydrogen) atoms. The average molecular weight is 281 g/mol. The van der Waals surface area contributed by atoms with Crippen molar-refractivity contribution in [3.63, 3.8) is 0 Å². The summed E-state index contributed by atoms with van der Waals surface area (Å²) in [6.07, 6.45) is 6.92. The van der Waals surface area contributed by atoms with Crippen molar-refractivity contribution in [3.8, 4) is 0 Å². The van der Waals surface area contributed by atoms with Crippen molar-refractivity contribution in [2.24, 2.45) is 0 Å². The third-order valence-electron chi connectivity index (χ3n) is 3.06. The Morgan fingerprint density at radius 2 is 1.95 bits per heavy atom. The van der Waals surface area contributed by atoms with E-state index in [1.54, 1.807) is 0 Å². The number of aryl methyl sites for hydroxylation is 1. The molecule has 0 aliphatic carbocycles. The van der Waals surface area contributed by atoms with Crippen LogP contribution in [0.5, 0.6) is 0 Å². The van der Waals surface area contributed by atoms with Gasteiger partial charge >= 0.3 is 0 Å².